The predicted octanol–water partition coefficient (Wildman–Crippen LogP) is 3.28. The lowest BCUT2D eigenvalue weighted by Crippen LogP contribution is -2.44. The lowest BCUT2D eigenvalue weighted by molar-refractivity contribution is 0.0401. The quantitative estimate of drug-likeness (QED) is 0.806. The lowest BCUT2D eigenvalue weighted by Gasteiger charge is -2.25. The monoisotopic (exact) mass is 269 g/mol. The molecule has 1 aromatic rings. The molecule has 0 aliphatic carbocycles. The number of hydrogen-bond acceptors (Lipinski definition) is 3. The summed E-state index contributed by atoms with van der Waals surface area (Å²) in [6.45, 7) is 7.37. The van der Waals surface area contributed by atoms with Crippen LogP contribution >= 0.6 is 11.6 Å². The molecule has 0 atom stereocenters. The SMILES string of the molecule is CCCNC(C)(C)COC(=O)c1ccc(Cl)cc1. The van der Waals surface area contributed by atoms with Gasteiger partial charge in [-0.05, 0) is 51.1 Å². The van der Waals surface area contributed by atoms with Crippen LogP contribution in [0.2, 0.25) is 5.02 Å². The summed E-state index contributed by atoms with van der Waals surface area (Å²) in [5.74, 6) is -0.321. The van der Waals surface area contributed by atoms with Crippen molar-refractivity contribution in [3.63, 3.8) is 0 Å². The molecular formula is C14H20ClNO2. The van der Waals surface area contributed by atoms with Gasteiger partial charge in [-0.3, -0.25) is 0 Å². The first-order valence-electron chi connectivity index (χ1n) is 6.12. The first kappa shape index (κ1) is 15.0. The molecule has 0 aliphatic heterocycles. The Kier molecular flexibility index (Phi) is 5.63. The van der Waals surface area contributed by atoms with Gasteiger partial charge in [0.1, 0.15) is 6.61 Å². The number of ether oxygens (including phenoxy) is 1. The molecule has 0 radical (unpaired) electrons. The fraction of sp³-hybridized carbons (Fsp3) is 0.500. The fourth-order valence-electron chi connectivity index (χ4n) is 1.43. The Morgan fingerprint density at radius 3 is 2.50 bits per heavy atom. The fourth-order valence-corrected chi connectivity index (χ4v) is 1.56. The molecule has 0 spiro atoms. The van der Waals surface area contributed by atoms with Crippen molar-refractivity contribution in [2.24, 2.45) is 0 Å². The van der Waals surface area contributed by atoms with E-state index in [4.69, 9.17) is 16.3 Å². The summed E-state index contributed by atoms with van der Waals surface area (Å²) in [4.78, 5) is 11.8. The minimum absolute atomic E-state index is 0.210. The zero-order chi connectivity index (χ0) is 13.6. The lowest BCUT2D eigenvalue weighted by atomic mass is 10.1. The zero-order valence-electron chi connectivity index (χ0n) is 11.1. The molecular weight excluding hydrogens is 250 g/mol. The van der Waals surface area contributed by atoms with E-state index in [0.717, 1.165) is 13.0 Å². The molecule has 0 fully saturated rings. The highest BCUT2D eigenvalue weighted by Crippen LogP contribution is 2.11. The van der Waals surface area contributed by atoms with Crippen LogP contribution in [0, 0.1) is 0 Å². The van der Waals surface area contributed by atoms with Gasteiger partial charge >= 0.3 is 5.97 Å². The molecule has 1 N–H and O–H groups in total. The molecule has 0 aliphatic rings. The van der Waals surface area contributed by atoms with Crippen molar-refractivity contribution >= 4 is 17.6 Å². The van der Waals surface area contributed by atoms with E-state index in [-0.39, 0.29) is 11.5 Å². The van der Waals surface area contributed by atoms with Crippen LogP contribution in [-0.4, -0.2) is 24.7 Å². The average molecular weight is 270 g/mol. The summed E-state index contributed by atoms with van der Waals surface area (Å²) in [6, 6.07) is 6.69. The Bertz CT molecular complexity index is 387. The summed E-state index contributed by atoms with van der Waals surface area (Å²) >= 11 is 5.76. The number of rotatable bonds is 6. The molecule has 0 saturated carbocycles. The standard InChI is InChI=1S/C14H20ClNO2/c1-4-9-16-14(2,3)10-18-13(17)11-5-7-12(15)8-6-11/h5-8,16H,4,9-10H2,1-3H3. The third-order valence-electron chi connectivity index (χ3n) is 2.50. The summed E-state index contributed by atoms with van der Waals surface area (Å²) in [5.41, 5.74) is 0.309. The van der Waals surface area contributed by atoms with Crippen molar-refractivity contribution in [2.45, 2.75) is 32.7 Å². The highest BCUT2D eigenvalue weighted by Gasteiger charge is 2.19. The number of carbonyl (C=O) groups excluding carboxylic acids is 1. The average Bonchev–Trinajstić information content (AvgIpc) is 2.35. The van der Waals surface area contributed by atoms with Crippen molar-refractivity contribution in [2.75, 3.05) is 13.2 Å². The van der Waals surface area contributed by atoms with E-state index in [9.17, 15) is 4.79 Å². The number of esters is 1. The van der Waals surface area contributed by atoms with Crippen LogP contribution in [0.15, 0.2) is 24.3 Å². The first-order chi connectivity index (χ1) is 8.44. The van der Waals surface area contributed by atoms with Crippen LogP contribution in [0.4, 0.5) is 0 Å². The van der Waals surface area contributed by atoms with Crippen molar-refractivity contribution in [1.82, 2.24) is 5.32 Å². The maximum absolute atomic E-state index is 11.8. The number of benzene rings is 1. The molecule has 1 rings (SSSR count). The van der Waals surface area contributed by atoms with E-state index in [1.165, 1.54) is 0 Å². The van der Waals surface area contributed by atoms with Gasteiger partial charge in [-0.2, -0.15) is 0 Å². The molecule has 4 heteroatoms. The first-order valence-corrected chi connectivity index (χ1v) is 6.50. The second-order valence-corrected chi connectivity index (χ2v) is 5.33. The third kappa shape index (κ3) is 5.07. The zero-order valence-corrected chi connectivity index (χ0v) is 11.9. The molecule has 0 saturated heterocycles. The molecule has 0 unspecified atom stereocenters. The van der Waals surface area contributed by atoms with Crippen molar-refractivity contribution < 1.29 is 9.53 Å². The number of halogens is 1. The van der Waals surface area contributed by atoms with Crippen molar-refractivity contribution in [3.05, 3.63) is 34.9 Å². The largest absolute Gasteiger partial charge is 0.460 e. The van der Waals surface area contributed by atoms with Crippen LogP contribution < -0.4 is 5.32 Å². The smallest absolute Gasteiger partial charge is 0.338 e. The molecule has 0 aromatic heterocycles. The van der Waals surface area contributed by atoms with Gasteiger partial charge in [-0.25, -0.2) is 4.79 Å². The Morgan fingerprint density at radius 1 is 1.33 bits per heavy atom. The van der Waals surface area contributed by atoms with Gasteiger partial charge in [0.05, 0.1) is 5.56 Å². The topological polar surface area (TPSA) is 38.3 Å². The van der Waals surface area contributed by atoms with Gasteiger partial charge in [-0.1, -0.05) is 18.5 Å². The number of nitrogens with one attached hydrogen (secondary N) is 1. The van der Waals surface area contributed by atoms with Gasteiger partial charge in [0.25, 0.3) is 0 Å². The van der Waals surface area contributed by atoms with Crippen LogP contribution in [0.5, 0.6) is 0 Å². The molecule has 0 amide bonds. The van der Waals surface area contributed by atoms with Crippen molar-refractivity contribution in [1.29, 1.82) is 0 Å². The highest BCUT2D eigenvalue weighted by molar-refractivity contribution is 6.30. The second kappa shape index (κ2) is 6.76. The Balaban J connectivity index is 2.48. The maximum atomic E-state index is 11.8. The van der Waals surface area contributed by atoms with Gasteiger partial charge < -0.3 is 10.1 Å². The Hall–Kier alpha value is -1.06. The number of hydrogen-bond donors (Lipinski definition) is 1. The Morgan fingerprint density at radius 2 is 1.94 bits per heavy atom. The minimum Gasteiger partial charge on any atom is -0.460 e. The van der Waals surface area contributed by atoms with Crippen molar-refractivity contribution in [3.8, 4) is 0 Å². The summed E-state index contributed by atoms with van der Waals surface area (Å²) in [7, 11) is 0. The van der Waals surface area contributed by atoms with E-state index in [1.807, 2.05) is 13.8 Å². The van der Waals surface area contributed by atoms with E-state index in [1.54, 1.807) is 24.3 Å². The summed E-state index contributed by atoms with van der Waals surface area (Å²) < 4.78 is 5.29. The van der Waals surface area contributed by atoms with Crippen LogP contribution in [-0.2, 0) is 4.74 Å². The highest BCUT2D eigenvalue weighted by atomic mass is 35.5. The van der Waals surface area contributed by atoms with Gasteiger partial charge in [0.15, 0.2) is 0 Å². The van der Waals surface area contributed by atoms with Crippen LogP contribution in [0.25, 0.3) is 0 Å². The molecule has 1 aromatic carbocycles. The minimum atomic E-state index is -0.321. The predicted molar refractivity (Wildman–Crippen MR) is 74.1 cm³/mol. The molecule has 0 bridgehead atoms. The van der Waals surface area contributed by atoms with Crippen LogP contribution in [0.3, 0.4) is 0 Å². The van der Waals surface area contributed by atoms with Gasteiger partial charge in [0.2, 0.25) is 0 Å². The number of carbonyl (C=O) groups is 1. The molecule has 0 heterocycles. The van der Waals surface area contributed by atoms with E-state index in [0.29, 0.717) is 17.2 Å². The molecule has 18 heavy (non-hydrogen) atoms. The Labute approximate surface area is 113 Å². The summed E-state index contributed by atoms with van der Waals surface area (Å²) in [6.07, 6.45) is 1.05. The van der Waals surface area contributed by atoms with E-state index < -0.39 is 0 Å². The second-order valence-electron chi connectivity index (χ2n) is 4.89. The molecule has 3 nitrogen and oxygen atoms in total. The maximum Gasteiger partial charge on any atom is 0.338 e. The summed E-state index contributed by atoms with van der Waals surface area (Å²) in [5, 5.41) is 3.93. The van der Waals surface area contributed by atoms with Crippen LogP contribution in [0.1, 0.15) is 37.6 Å². The van der Waals surface area contributed by atoms with E-state index in [2.05, 4.69) is 12.2 Å². The van der Waals surface area contributed by atoms with Gasteiger partial charge in [-0.15, -0.1) is 0 Å². The molecule has 100 valence electrons. The third-order valence-corrected chi connectivity index (χ3v) is 2.75. The van der Waals surface area contributed by atoms with Gasteiger partial charge in [0, 0.05) is 10.6 Å². The van der Waals surface area contributed by atoms with E-state index >= 15 is 0 Å². The normalized spacial score (nSPS) is 11.3.